The summed E-state index contributed by atoms with van der Waals surface area (Å²) in [5, 5.41) is 34.2. The number of rotatable bonds is 4. The summed E-state index contributed by atoms with van der Waals surface area (Å²) in [6.07, 6.45) is 2.87. The van der Waals surface area contributed by atoms with Crippen LogP contribution in [0.5, 0.6) is 11.5 Å². The molecule has 2 aromatic carbocycles. The van der Waals surface area contributed by atoms with Gasteiger partial charge in [-0.05, 0) is 43.5 Å². The summed E-state index contributed by atoms with van der Waals surface area (Å²) in [5.74, 6) is 0.498. The Morgan fingerprint density at radius 2 is 2.00 bits per heavy atom. The fourth-order valence-electron chi connectivity index (χ4n) is 5.83. The molecule has 0 spiro atoms. The number of phenolic OH excluding ortho intramolecular Hbond substituents is 2. The van der Waals surface area contributed by atoms with Gasteiger partial charge in [0.05, 0.1) is 5.60 Å². The minimum atomic E-state index is -1.13. The molecule has 1 aliphatic heterocycles. The lowest BCUT2D eigenvalue weighted by Crippen LogP contribution is -2.57. The molecule has 0 saturated carbocycles. The van der Waals surface area contributed by atoms with Crippen LogP contribution in [-0.4, -0.2) is 45.0 Å². The van der Waals surface area contributed by atoms with Crippen LogP contribution in [0.2, 0.25) is 0 Å². The van der Waals surface area contributed by atoms with Crippen molar-refractivity contribution < 1.29 is 19.7 Å². The van der Waals surface area contributed by atoms with Crippen LogP contribution in [0.1, 0.15) is 29.4 Å². The van der Waals surface area contributed by atoms with Crippen molar-refractivity contribution in [3.05, 3.63) is 71.5 Å². The van der Waals surface area contributed by atoms with E-state index in [0.717, 1.165) is 27.9 Å². The number of para-hydroxylation sites is 1. The van der Waals surface area contributed by atoms with Gasteiger partial charge in [0.2, 0.25) is 0 Å². The topological polar surface area (TPSA) is 77.1 Å². The van der Waals surface area contributed by atoms with E-state index < -0.39 is 11.0 Å². The molecule has 3 aromatic rings. The first kappa shape index (κ1) is 19.2. The van der Waals surface area contributed by atoms with Gasteiger partial charge < -0.3 is 19.7 Å². The van der Waals surface area contributed by atoms with Crippen molar-refractivity contribution >= 4 is 11.0 Å². The second-order valence-electron chi connectivity index (χ2n) is 8.96. The third kappa shape index (κ3) is 2.36. The van der Waals surface area contributed by atoms with E-state index in [1.807, 2.05) is 50.3 Å². The monoisotopic (exact) mass is 405 g/mol. The van der Waals surface area contributed by atoms with Crippen LogP contribution in [0.15, 0.2) is 53.5 Å². The molecule has 2 aliphatic rings. The molecule has 1 aliphatic carbocycles. The fraction of sp³-hybridized carbons (Fsp3) is 0.360. The zero-order valence-corrected chi connectivity index (χ0v) is 17.4. The van der Waals surface area contributed by atoms with Crippen molar-refractivity contribution in [3.63, 3.8) is 0 Å². The highest BCUT2D eigenvalue weighted by atomic mass is 16.3. The average molecular weight is 405 g/mol. The van der Waals surface area contributed by atoms with Gasteiger partial charge in [-0.1, -0.05) is 30.3 Å². The van der Waals surface area contributed by atoms with Gasteiger partial charge in [0, 0.05) is 41.9 Å². The van der Waals surface area contributed by atoms with Crippen LogP contribution in [0, 0.1) is 6.92 Å². The van der Waals surface area contributed by atoms with Crippen LogP contribution in [-0.2, 0) is 18.3 Å². The number of benzene rings is 2. The Bertz CT molecular complexity index is 1160. The van der Waals surface area contributed by atoms with E-state index in [2.05, 4.69) is 11.5 Å². The van der Waals surface area contributed by atoms with Crippen molar-refractivity contribution in [2.75, 3.05) is 13.1 Å². The first-order valence-electron chi connectivity index (χ1n) is 10.4. The Morgan fingerprint density at radius 1 is 1.23 bits per heavy atom. The number of hydrogen-bond donors (Lipinski definition) is 3. The van der Waals surface area contributed by atoms with Gasteiger partial charge >= 0.3 is 0 Å². The smallest absolute Gasteiger partial charge is 0.161 e. The molecule has 5 nitrogen and oxygen atoms in total. The van der Waals surface area contributed by atoms with Gasteiger partial charge in [-0.2, -0.15) is 0 Å². The molecule has 5 rings (SSSR count). The minimum Gasteiger partial charge on any atom is -0.504 e. The van der Waals surface area contributed by atoms with Crippen molar-refractivity contribution in [1.29, 1.82) is 0 Å². The molecule has 1 fully saturated rings. The lowest BCUT2D eigenvalue weighted by molar-refractivity contribution is -0.0326. The number of phenols is 2. The van der Waals surface area contributed by atoms with Gasteiger partial charge in [0.1, 0.15) is 11.3 Å². The maximum Gasteiger partial charge on any atom is 0.161 e. The first-order valence-corrected chi connectivity index (χ1v) is 10.4. The maximum absolute atomic E-state index is 11.9. The van der Waals surface area contributed by atoms with Crippen LogP contribution in [0.4, 0.5) is 0 Å². The standard InChI is InChI=1S/C25H27NO4/c1-4-11-26-14-25(13-20-15(2)17-7-5-6-8-19(17)30-20)22-16(9-10-18(27)23(22)28)12-21(26)24(25,3)29/h4-10,21,27-29H,1,11-14H2,2-3H3. The lowest BCUT2D eigenvalue weighted by atomic mass is 9.59. The van der Waals surface area contributed by atoms with E-state index in [1.54, 1.807) is 0 Å². The second kappa shape index (κ2) is 6.37. The molecule has 1 aromatic heterocycles. The third-order valence-corrected chi connectivity index (χ3v) is 7.43. The highest BCUT2D eigenvalue weighted by molar-refractivity contribution is 5.82. The van der Waals surface area contributed by atoms with Crippen LogP contribution in [0.3, 0.4) is 0 Å². The minimum absolute atomic E-state index is 0.114. The zero-order valence-electron chi connectivity index (χ0n) is 17.4. The van der Waals surface area contributed by atoms with E-state index in [4.69, 9.17) is 4.42 Å². The van der Waals surface area contributed by atoms with Gasteiger partial charge in [-0.25, -0.2) is 0 Å². The van der Waals surface area contributed by atoms with Crippen molar-refractivity contribution in [3.8, 4) is 11.5 Å². The summed E-state index contributed by atoms with van der Waals surface area (Å²) < 4.78 is 6.23. The van der Waals surface area contributed by atoms with E-state index in [9.17, 15) is 15.3 Å². The number of aryl methyl sites for hydroxylation is 1. The van der Waals surface area contributed by atoms with Gasteiger partial charge in [0.15, 0.2) is 11.5 Å². The molecule has 0 radical (unpaired) electrons. The molecule has 0 amide bonds. The van der Waals surface area contributed by atoms with Crippen molar-refractivity contribution in [1.82, 2.24) is 4.90 Å². The molecule has 2 bridgehead atoms. The van der Waals surface area contributed by atoms with Gasteiger partial charge in [-0.3, -0.25) is 4.90 Å². The van der Waals surface area contributed by atoms with Gasteiger partial charge in [0.25, 0.3) is 0 Å². The fourth-order valence-corrected chi connectivity index (χ4v) is 5.83. The quantitative estimate of drug-likeness (QED) is 0.455. The Labute approximate surface area is 175 Å². The normalized spacial score (nSPS) is 28.0. The first-order chi connectivity index (χ1) is 14.3. The number of fused-ring (bicyclic) bond motifs is 5. The predicted octanol–water partition coefficient (Wildman–Crippen LogP) is 3.81. The molecule has 3 atom stereocenters. The van der Waals surface area contributed by atoms with E-state index in [1.165, 1.54) is 6.07 Å². The predicted molar refractivity (Wildman–Crippen MR) is 116 cm³/mol. The van der Waals surface area contributed by atoms with Crippen LogP contribution in [0.25, 0.3) is 11.0 Å². The molecular formula is C25H27NO4. The summed E-state index contributed by atoms with van der Waals surface area (Å²) in [5.41, 5.74) is 1.50. The highest BCUT2D eigenvalue weighted by Gasteiger charge is 2.65. The summed E-state index contributed by atoms with van der Waals surface area (Å²) >= 11 is 0. The van der Waals surface area contributed by atoms with Crippen molar-refractivity contribution in [2.24, 2.45) is 0 Å². The van der Waals surface area contributed by atoms with E-state index in [-0.39, 0.29) is 17.5 Å². The lowest BCUT2D eigenvalue weighted by Gasteiger charge is -2.46. The van der Waals surface area contributed by atoms with Gasteiger partial charge in [-0.15, -0.1) is 6.58 Å². The highest BCUT2D eigenvalue weighted by Crippen LogP contribution is 2.57. The molecular weight excluding hydrogens is 378 g/mol. The van der Waals surface area contributed by atoms with E-state index >= 15 is 0 Å². The number of nitrogens with zero attached hydrogens (tertiary/aromatic N) is 1. The Kier molecular flexibility index (Phi) is 4.08. The Morgan fingerprint density at radius 3 is 2.73 bits per heavy atom. The number of furan rings is 1. The molecule has 5 heteroatoms. The SMILES string of the molecule is C=CCN1CC2(Cc3oc4ccccc4c3C)c3c(ccc(O)c3O)CC1C2(C)O. The summed E-state index contributed by atoms with van der Waals surface area (Å²) in [6, 6.07) is 11.2. The number of aliphatic hydroxyl groups is 1. The average Bonchev–Trinajstić information content (AvgIpc) is 3.05. The summed E-state index contributed by atoms with van der Waals surface area (Å²) in [6.45, 7) is 8.95. The third-order valence-electron chi connectivity index (χ3n) is 7.43. The van der Waals surface area contributed by atoms with Crippen LogP contribution < -0.4 is 0 Å². The largest absolute Gasteiger partial charge is 0.504 e. The Balaban J connectivity index is 1.74. The molecule has 2 heterocycles. The molecule has 3 N–H and O–H groups in total. The summed E-state index contributed by atoms with van der Waals surface area (Å²) in [4.78, 5) is 2.22. The molecule has 30 heavy (non-hydrogen) atoms. The molecule has 156 valence electrons. The van der Waals surface area contributed by atoms with Crippen molar-refractivity contribution in [2.45, 2.75) is 43.7 Å². The summed E-state index contributed by atoms with van der Waals surface area (Å²) in [7, 11) is 0. The van der Waals surface area contributed by atoms with E-state index in [0.29, 0.717) is 31.5 Å². The van der Waals surface area contributed by atoms with Crippen LogP contribution >= 0.6 is 0 Å². The zero-order chi connectivity index (χ0) is 21.3. The number of aromatic hydroxyl groups is 2. The number of hydrogen-bond acceptors (Lipinski definition) is 5. The molecule has 3 unspecified atom stereocenters. The molecule has 1 saturated heterocycles. The second-order valence-corrected chi connectivity index (χ2v) is 8.96. The number of likely N-dealkylation sites (tertiary alicyclic amines) is 1. The maximum atomic E-state index is 11.9. The Hall–Kier alpha value is -2.76.